The Morgan fingerprint density at radius 3 is 2.45 bits per heavy atom. The number of carbonyl (C=O) groups is 1. The van der Waals surface area contributed by atoms with E-state index in [0.717, 1.165) is 11.1 Å². The van der Waals surface area contributed by atoms with E-state index in [2.05, 4.69) is 5.32 Å². The van der Waals surface area contributed by atoms with Crippen molar-refractivity contribution in [1.29, 1.82) is 0 Å². The first-order chi connectivity index (χ1) is 9.54. The smallest absolute Gasteiger partial charge is 0.224 e. The van der Waals surface area contributed by atoms with Crippen LogP contribution in [0.25, 0.3) is 0 Å². The highest BCUT2D eigenvalue weighted by Crippen LogP contribution is 2.22. The fourth-order valence-electron chi connectivity index (χ4n) is 1.75. The summed E-state index contributed by atoms with van der Waals surface area (Å²) in [6.07, 6.45) is 0.261. The normalized spacial score (nSPS) is 10.3. The number of nitrogens with one attached hydrogen (secondary N) is 1. The van der Waals surface area contributed by atoms with Crippen molar-refractivity contribution in [2.45, 2.75) is 13.0 Å². The van der Waals surface area contributed by atoms with E-state index in [1.165, 1.54) is 0 Å². The van der Waals surface area contributed by atoms with Gasteiger partial charge in [0.25, 0.3) is 0 Å². The molecule has 0 radical (unpaired) electrons. The second-order valence-corrected chi connectivity index (χ2v) is 5.58. The van der Waals surface area contributed by atoms with Crippen LogP contribution in [0.15, 0.2) is 42.5 Å². The lowest BCUT2D eigenvalue weighted by Crippen LogP contribution is -2.24. The van der Waals surface area contributed by atoms with E-state index >= 15 is 0 Å². The van der Waals surface area contributed by atoms with Gasteiger partial charge in [-0.2, -0.15) is 0 Å². The monoisotopic (exact) mass is 327 g/mol. The molecule has 5 heteroatoms. The molecule has 0 aliphatic rings. The summed E-state index contributed by atoms with van der Waals surface area (Å²) >= 11 is 17.6. The van der Waals surface area contributed by atoms with E-state index < -0.39 is 0 Å². The van der Waals surface area contributed by atoms with E-state index in [1.54, 1.807) is 24.3 Å². The average molecular weight is 329 g/mol. The molecule has 0 aromatic heterocycles. The van der Waals surface area contributed by atoms with E-state index in [9.17, 15) is 4.79 Å². The predicted octanol–water partition coefficient (Wildman–Crippen LogP) is 4.51. The second kappa shape index (κ2) is 6.98. The van der Waals surface area contributed by atoms with Crippen molar-refractivity contribution >= 4 is 40.7 Å². The zero-order valence-electron chi connectivity index (χ0n) is 10.5. The molecule has 0 fully saturated rings. The maximum absolute atomic E-state index is 11.8. The van der Waals surface area contributed by atoms with E-state index in [1.807, 2.05) is 18.2 Å². The first kappa shape index (κ1) is 15.2. The van der Waals surface area contributed by atoms with Crippen molar-refractivity contribution in [3.63, 3.8) is 0 Å². The molecular formula is C15H12Cl3NO. The molecule has 1 amide bonds. The average Bonchev–Trinajstić information content (AvgIpc) is 2.41. The summed E-state index contributed by atoms with van der Waals surface area (Å²) in [6.45, 7) is 0.445. The van der Waals surface area contributed by atoms with Gasteiger partial charge >= 0.3 is 0 Å². The van der Waals surface area contributed by atoms with E-state index in [-0.39, 0.29) is 12.3 Å². The van der Waals surface area contributed by atoms with Gasteiger partial charge in [0.15, 0.2) is 0 Å². The summed E-state index contributed by atoms with van der Waals surface area (Å²) in [5.74, 6) is -0.0802. The molecule has 0 spiro atoms. The largest absolute Gasteiger partial charge is 0.352 e. The molecule has 2 aromatic rings. The highest BCUT2D eigenvalue weighted by Gasteiger charge is 2.06. The van der Waals surface area contributed by atoms with Gasteiger partial charge in [-0.25, -0.2) is 0 Å². The molecule has 0 heterocycles. The van der Waals surface area contributed by atoms with Crippen molar-refractivity contribution in [2.24, 2.45) is 0 Å². The van der Waals surface area contributed by atoms with Crippen LogP contribution in [0.4, 0.5) is 0 Å². The zero-order valence-corrected chi connectivity index (χ0v) is 12.8. The van der Waals surface area contributed by atoms with Crippen LogP contribution in [-0.2, 0) is 17.8 Å². The molecular weight excluding hydrogens is 317 g/mol. The Hall–Kier alpha value is -1.22. The summed E-state index contributed by atoms with van der Waals surface area (Å²) in [6, 6.07) is 12.5. The molecule has 2 aromatic carbocycles. The van der Waals surface area contributed by atoms with Crippen molar-refractivity contribution in [3.8, 4) is 0 Å². The van der Waals surface area contributed by atoms with Crippen molar-refractivity contribution in [1.82, 2.24) is 5.32 Å². The molecule has 0 unspecified atom stereocenters. The molecule has 0 saturated carbocycles. The lowest BCUT2D eigenvalue weighted by molar-refractivity contribution is -0.120. The maximum atomic E-state index is 11.8. The summed E-state index contributed by atoms with van der Waals surface area (Å²) in [7, 11) is 0. The topological polar surface area (TPSA) is 29.1 Å². The van der Waals surface area contributed by atoms with Crippen molar-refractivity contribution < 1.29 is 4.79 Å². The minimum absolute atomic E-state index is 0.0802. The Bertz CT molecular complexity index is 628. The Labute approximate surface area is 132 Å². The van der Waals surface area contributed by atoms with Crippen LogP contribution in [0.1, 0.15) is 11.1 Å². The fourth-order valence-corrected chi connectivity index (χ4v) is 2.28. The third-order valence-electron chi connectivity index (χ3n) is 2.73. The summed E-state index contributed by atoms with van der Waals surface area (Å²) in [5, 5.41) is 4.42. The van der Waals surface area contributed by atoms with Gasteiger partial charge in [0.1, 0.15) is 0 Å². The molecule has 0 bridgehead atoms. The summed E-state index contributed by atoms with van der Waals surface area (Å²) in [5.41, 5.74) is 1.78. The molecule has 1 N–H and O–H groups in total. The molecule has 20 heavy (non-hydrogen) atoms. The van der Waals surface area contributed by atoms with Gasteiger partial charge < -0.3 is 5.32 Å². The van der Waals surface area contributed by atoms with Gasteiger partial charge in [0, 0.05) is 11.6 Å². The van der Waals surface area contributed by atoms with Gasteiger partial charge in [0.2, 0.25) is 5.91 Å². The number of halogens is 3. The van der Waals surface area contributed by atoms with Crippen LogP contribution in [-0.4, -0.2) is 5.91 Å². The number of carbonyl (C=O) groups excluding carboxylic acids is 1. The lowest BCUT2D eigenvalue weighted by Gasteiger charge is -2.06. The molecule has 2 nitrogen and oxygen atoms in total. The van der Waals surface area contributed by atoms with Crippen LogP contribution in [0.2, 0.25) is 15.1 Å². The molecule has 0 aliphatic carbocycles. The summed E-state index contributed by atoms with van der Waals surface area (Å²) < 4.78 is 0. The van der Waals surface area contributed by atoms with Crippen LogP contribution in [0.5, 0.6) is 0 Å². The third kappa shape index (κ3) is 4.41. The van der Waals surface area contributed by atoms with Gasteiger partial charge in [-0.05, 0) is 35.4 Å². The van der Waals surface area contributed by atoms with Crippen LogP contribution >= 0.6 is 34.8 Å². The third-order valence-corrected chi connectivity index (χ3v) is 3.70. The van der Waals surface area contributed by atoms with Gasteiger partial charge in [-0.15, -0.1) is 0 Å². The fraction of sp³-hybridized carbons (Fsp3) is 0.133. The van der Waals surface area contributed by atoms with Crippen LogP contribution in [0.3, 0.4) is 0 Å². The second-order valence-electron chi connectivity index (χ2n) is 4.33. The Kier molecular flexibility index (Phi) is 5.30. The number of benzene rings is 2. The minimum atomic E-state index is -0.0802. The molecule has 2 rings (SSSR count). The lowest BCUT2D eigenvalue weighted by atomic mass is 10.1. The van der Waals surface area contributed by atoms with E-state index in [4.69, 9.17) is 34.8 Å². The Morgan fingerprint density at radius 2 is 1.75 bits per heavy atom. The van der Waals surface area contributed by atoms with Gasteiger partial charge in [-0.1, -0.05) is 53.0 Å². The highest BCUT2D eigenvalue weighted by molar-refractivity contribution is 6.42. The number of rotatable bonds is 4. The first-order valence-electron chi connectivity index (χ1n) is 5.99. The number of hydrogen-bond acceptors (Lipinski definition) is 1. The molecule has 0 aliphatic heterocycles. The number of amides is 1. The first-order valence-corrected chi connectivity index (χ1v) is 7.13. The predicted molar refractivity (Wildman–Crippen MR) is 83.5 cm³/mol. The molecule has 0 saturated heterocycles. The molecule has 104 valence electrons. The van der Waals surface area contributed by atoms with Gasteiger partial charge in [-0.3, -0.25) is 4.79 Å². The number of hydrogen-bond donors (Lipinski definition) is 1. The standard InChI is InChI=1S/C15H12Cl3NO/c16-12-3-1-2-11(6-12)9-19-15(20)8-10-4-5-13(17)14(18)7-10/h1-7H,8-9H2,(H,19,20). The van der Waals surface area contributed by atoms with E-state index in [0.29, 0.717) is 21.6 Å². The minimum Gasteiger partial charge on any atom is -0.352 e. The van der Waals surface area contributed by atoms with Crippen molar-refractivity contribution in [2.75, 3.05) is 0 Å². The summed E-state index contributed by atoms with van der Waals surface area (Å²) in [4.78, 5) is 11.8. The Morgan fingerprint density at radius 1 is 0.950 bits per heavy atom. The van der Waals surface area contributed by atoms with Crippen molar-refractivity contribution in [3.05, 3.63) is 68.7 Å². The van der Waals surface area contributed by atoms with Crippen LogP contribution in [0, 0.1) is 0 Å². The quantitative estimate of drug-likeness (QED) is 0.879. The zero-order chi connectivity index (χ0) is 14.5. The highest BCUT2D eigenvalue weighted by atomic mass is 35.5. The molecule has 0 atom stereocenters. The maximum Gasteiger partial charge on any atom is 0.224 e. The van der Waals surface area contributed by atoms with Crippen LogP contribution < -0.4 is 5.32 Å². The SMILES string of the molecule is O=C(Cc1ccc(Cl)c(Cl)c1)NCc1cccc(Cl)c1. The Balaban J connectivity index is 1.91. The van der Waals surface area contributed by atoms with Gasteiger partial charge in [0.05, 0.1) is 16.5 Å².